The van der Waals surface area contributed by atoms with E-state index in [2.05, 4.69) is 11.5 Å². The van der Waals surface area contributed by atoms with Gasteiger partial charge in [-0.25, -0.2) is 0 Å². The molecule has 0 atom stereocenters. The number of aldehydes is 1. The average molecular weight is 108 g/mol. The molecule has 0 saturated heterocycles. The van der Waals surface area contributed by atoms with Gasteiger partial charge in [0.25, 0.3) is 0 Å². The SMILES string of the molecule is CC1=[C+]NC(C=O)=C1. The van der Waals surface area contributed by atoms with Crippen molar-refractivity contribution in [3.05, 3.63) is 23.5 Å². The molecule has 0 aromatic rings. The molecule has 1 rings (SSSR count). The van der Waals surface area contributed by atoms with Crippen molar-refractivity contribution >= 4 is 6.29 Å². The number of hydrogen-bond acceptors (Lipinski definition) is 2. The minimum atomic E-state index is 0.586. The third kappa shape index (κ3) is 0.745. The summed E-state index contributed by atoms with van der Waals surface area (Å²) in [5, 5.41) is 2.66. The van der Waals surface area contributed by atoms with E-state index in [-0.39, 0.29) is 0 Å². The molecule has 1 heterocycles. The number of hydrogen-bond donors (Lipinski definition) is 1. The van der Waals surface area contributed by atoms with E-state index in [1.54, 1.807) is 6.08 Å². The van der Waals surface area contributed by atoms with Crippen molar-refractivity contribution in [3.8, 4) is 0 Å². The maximum atomic E-state index is 9.97. The molecule has 2 nitrogen and oxygen atoms in total. The molecule has 0 radical (unpaired) electrons. The van der Waals surface area contributed by atoms with Gasteiger partial charge in [0, 0.05) is 0 Å². The predicted molar refractivity (Wildman–Crippen MR) is 29.7 cm³/mol. The van der Waals surface area contributed by atoms with Gasteiger partial charge in [-0.05, 0) is 6.92 Å². The Balaban J connectivity index is 2.69. The van der Waals surface area contributed by atoms with Crippen LogP contribution < -0.4 is 5.32 Å². The molecule has 8 heavy (non-hydrogen) atoms. The highest BCUT2D eigenvalue weighted by Crippen LogP contribution is 2.02. The fourth-order valence-electron chi connectivity index (χ4n) is 0.540. The lowest BCUT2D eigenvalue weighted by Gasteiger charge is -1.70. The molecular weight excluding hydrogens is 102 g/mol. The molecule has 40 valence electrons. The van der Waals surface area contributed by atoms with Crippen LogP contribution in [0, 0.1) is 6.20 Å². The number of allylic oxidation sites excluding steroid dienone is 3. The normalized spacial score (nSPS) is 15.6. The average Bonchev–Trinajstić information content (AvgIpc) is 2.14. The van der Waals surface area contributed by atoms with Gasteiger partial charge < -0.3 is 0 Å². The van der Waals surface area contributed by atoms with Crippen LogP contribution in [0.5, 0.6) is 0 Å². The lowest BCUT2D eigenvalue weighted by molar-refractivity contribution is -0.105. The number of carbonyl (C=O) groups excluding carboxylic acids is 1. The lowest BCUT2D eigenvalue weighted by atomic mass is 10.3. The number of nitrogens with one attached hydrogen (secondary N) is 1. The lowest BCUT2D eigenvalue weighted by Crippen LogP contribution is -2.00. The van der Waals surface area contributed by atoms with E-state index in [1.807, 2.05) is 6.92 Å². The highest BCUT2D eigenvalue weighted by atomic mass is 16.1. The Hall–Kier alpha value is -1.14. The van der Waals surface area contributed by atoms with Gasteiger partial charge in [0.05, 0.1) is 0 Å². The largest absolute Gasteiger partial charge is 0.279 e. The molecule has 1 N–H and O–H groups in total. The first-order chi connectivity index (χ1) is 3.83. The first-order valence-corrected chi connectivity index (χ1v) is 2.35. The van der Waals surface area contributed by atoms with Crippen molar-refractivity contribution in [3.63, 3.8) is 0 Å². The van der Waals surface area contributed by atoms with Crippen LogP contribution in [0.25, 0.3) is 0 Å². The number of rotatable bonds is 1. The molecule has 0 fully saturated rings. The van der Waals surface area contributed by atoms with E-state index in [0.717, 1.165) is 11.9 Å². The summed E-state index contributed by atoms with van der Waals surface area (Å²) in [7, 11) is 0. The summed E-state index contributed by atoms with van der Waals surface area (Å²) in [6.07, 6.45) is 5.27. The quantitative estimate of drug-likeness (QED) is 0.388. The summed E-state index contributed by atoms with van der Waals surface area (Å²) in [6, 6.07) is 0. The van der Waals surface area contributed by atoms with Crippen LogP contribution in [-0.4, -0.2) is 6.29 Å². The third-order valence-corrected chi connectivity index (χ3v) is 0.903. The summed E-state index contributed by atoms with van der Waals surface area (Å²) in [5.41, 5.74) is 1.55. The highest BCUT2D eigenvalue weighted by Gasteiger charge is 2.11. The molecule has 0 aliphatic carbocycles. The molecule has 1 aliphatic heterocycles. The van der Waals surface area contributed by atoms with E-state index in [4.69, 9.17) is 0 Å². The maximum absolute atomic E-state index is 9.97. The van der Waals surface area contributed by atoms with Crippen LogP contribution >= 0.6 is 0 Å². The molecule has 0 aromatic carbocycles. The van der Waals surface area contributed by atoms with Crippen LogP contribution in [0.4, 0.5) is 0 Å². The zero-order valence-electron chi connectivity index (χ0n) is 4.56. The topological polar surface area (TPSA) is 29.1 Å². The molecule has 0 saturated carbocycles. The second kappa shape index (κ2) is 1.76. The molecule has 0 bridgehead atoms. The summed E-state index contributed by atoms with van der Waals surface area (Å²) < 4.78 is 0. The summed E-state index contributed by atoms with van der Waals surface area (Å²) >= 11 is 0. The van der Waals surface area contributed by atoms with Gasteiger partial charge in [0.2, 0.25) is 12.0 Å². The molecule has 0 spiro atoms. The van der Waals surface area contributed by atoms with Crippen molar-refractivity contribution in [2.45, 2.75) is 6.92 Å². The van der Waals surface area contributed by atoms with E-state index in [0.29, 0.717) is 5.70 Å². The van der Waals surface area contributed by atoms with Crippen LogP contribution in [0.3, 0.4) is 0 Å². The zero-order valence-corrected chi connectivity index (χ0v) is 4.56. The fourth-order valence-corrected chi connectivity index (χ4v) is 0.540. The maximum Gasteiger partial charge on any atom is 0.235 e. The van der Waals surface area contributed by atoms with E-state index in [1.165, 1.54) is 0 Å². The summed E-state index contributed by atoms with van der Waals surface area (Å²) in [5.74, 6) is 0. The minimum absolute atomic E-state index is 0.586. The minimum Gasteiger partial charge on any atom is -0.279 e. The van der Waals surface area contributed by atoms with Gasteiger partial charge in [-0.15, -0.1) is 0 Å². The number of carbonyl (C=O) groups is 1. The Labute approximate surface area is 47.9 Å². The Bertz CT molecular complexity index is 167. The second-order valence-electron chi connectivity index (χ2n) is 1.65. The molecule has 0 aromatic heterocycles. The van der Waals surface area contributed by atoms with E-state index in [9.17, 15) is 4.79 Å². The van der Waals surface area contributed by atoms with Gasteiger partial charge in [-0.3, -0.25) is 4.79 Å². The second-order valence-corrected chi connectivity index (χ2v) is 1.65. The zero-order chi connectivity index (χ0) is 5.98. The van der Waals surface area contributed by atoms with Crippen molar-refractivity contribution in [2.24, 2.45) is 0 Å². The van der Waals surface area contributed by atoms with Gasteiger partial charge in [0.15, 0.2) is 0 Å². The van der Waals surface area contributed by atoms with Crippen molar-refractivity contribution in [1.82, 2.24) is 5.32 Å². The predicted octanol–water partition coefficient (Wildman–Crippen LogP) is 0.379. The highest BCUT2D eigenvalue weighted by molar-refractivity contribution is 5.74. The van der Waals surface area contributed by atoms with E-state index >= 15 is 0 Å². The van der Waals surface area contributed by atoms with Crippen molar-refractivity contribution in [2.75, 3.05) is 0 Å². The molecular formula is C6H6NO+. The Kier molecular flexibility index (Phi) is 1.10. The van der Waals surface area contributed by atoms with Gasteiger partial charge >= 0.3 is 0 Å². The first kappa shape index (κ1) is 5.01. The van der Waals surface area contributed by atoms with Crippen LogP contribution in [0.1, 0.15) is 6.92 Å². The standard InChI is InChI=1S/C6H5NO/c1-5-2-6(4-8)7-3-5/h2,4H,1H3/p+1. The van der Waals surface area contributed by atoms with E-state index < -0.39 is 0 Å². The monoisotopic (exact) mass is 108 g/mol. The Morgan fingerprint density at radius 3 is 2.88 bits per heavy atom. The summed E-state index contributed by atoms with van der Waals surface area (Å²) in [6.45, 7) is 1.88. The first-order valence-electron chi connectivity index (χ1n) is 2.35. The van der Waals surface area contributed by atoms with Crippen LogP contribution in [0.15, 0.2) is 17.3 Å². The molecule has 0 unspecified atom stereocenters. The molecule has 2 heteroatoms. The summed E-state index contributed by atoms with van der Waals surface area (Å²) in [4.78, 5) is 9.97. The van der Waals surface area contributed by atoms with Crippen LogP contribution in [-0.2, 0) is 4.79 Å². The van der Waals surface area contributed by atoms with Crippen molar-refractivity contribution < 1.29 is 4.79 Å². The van der Waals surface area contributed by atoms with Gasteiger partial charge in [-0.1, -0.05) is 0 Å². The third-order valence-electron chi connectivity index (χ3n) is 0.903. The van der Waals surface area contributed by atoms with Crippen molar-refractivity contribution in [1.29, 1.82) is 0 Å². The smallest absolute Gasteiger partial charge is 0.235 e. The Morgan fingerprint density at radius 1 is 1.88 bits per heavy atom. The molecule has 0 amide bonds. The van der Waals surface area contributed by atoms with Gasteiger partial charge in [0.1, 0.15) is 17.8 Å². The molecule has 1 aliphatic rings. The Morgan fingerprint density at radius 2 is 2.62 bits per heavy atom. The fraction of sp³-hybridized carbons (Fsp3) is 0.167. The van der Waals surface area contributed by atoms with Gasteiger partial charge in [-0.2, -0.15) is 5.32 Å². The van der Waals surface area contributed by atoms with Crippen LogP contribution in [0.2, 0.25) is 0 Å².